The van der Waals surface area contributed by atoms with Gasteiger partial charge in [0.1, 0.15) is 48.5 Å². The molecule has 0 bridgehead atoms. The quantitative estimate of drug-likeness (QED) is 0.0834. The van der Waals surface area contributed by atoms with Crippen LogP contribution in [0.2, 0.25) is 10.0 Å². The van der Waals surface area contributed by atoms with Gasteiger partial charge in [-0.1, -0.05) is 59.6 Å². The van der Waals surface area contributed by atoms with Crippen LogP contribution in [0.4, 0.5) is 17.6 Å². The summed E-state index contributed by atoms with van der Waals surface area (Å²) in [6.45, 7) is 5.79. The average Bonchev–Trinajstić information content (AvgIpc) is 4.34. The van der Waals surface area contributed by atoms with Gasteiger partial charge in [0.05, 0.1) is 69.1 Å². The molecule has 4 atom stereocenters. The predicted molar refractivity (Wildman–Crippen MR) is 301 cm³/mol. The number of carbonyl (C=O) groups excluding carboxylic acids is 4. The van der Waals surface area contributed by atoms with Crippen LogP contribution in [0.5, 0.6) is 0 Å². The van der Waals surface area contributed by atoms with Gasteiger partial charge in [-0.2, -0.15) is 30.6 Å². The molecule has 0 radical (unpaired) electrons. The zero-order chi connectivity index (χ0) is 57.7. The topological polar surface area (TPSA) is 211 Å². The number of alkyl halides is 2. The Balaban J connectivity index is 0.000000172. The predicted octanol–water partition coefficient (Wildman–Crippen LogP) is 9.97. The summed E-state index contributed by atoms with van der Waals surface area (Å²) in [4.78, 5) is 71.8. The highest BCUT2D eigenvalue weighted by molar-refractivity contribution is 6.32. The molecule has 2 saturated heterocycles. The van der Waals surface area contributed by atoms with E-state index in [0.29, 0.717) is 56.3 Å². The highest BCUT2D eigenvalue weighted by Gasteiger charge is 2.42. The molecule has 0 aliphatic carbocycles. The number of hydrogen-bond donors (Lipinski definition) is 0. The molecule has 8 heterocycles. The molecular formula is C58H48Cl2F4N14O4. The average molecular weight is 1150 g/mol. The highest BCUT2D eigenvalue weighted by Crippen LogP contribution is 2.33. The number of Topliss-reactive ketones (excluding diaryl/α,β-unsaturated/α-hetero) is 2. The highest BCUT2D eigenvalue weighted by atomic mass is 35.5. The lowest BCUT2D eigenvalue weighted by Crippen LogP contribution is -2.42. The summed E-state index contributed by atoms with van der Waals surface area (Å²) in [6, 6.07) is 18.9. The van der Waals surface area contributed by atoms with Crippen LogP contribution in [0, 0.1) is 25.5 Å². The number of benzene rings is 4. The van der Waals surface area contributed by atoms with Gasteiger partial charge in [-0.15, -0.1) is 0 Å². The fourth-order valence-electron chi connectivity index (χ4n) is 10.6. The van der Waals surface area contributed by atoms with E-state index in [1.807, 2.05) is 24.3 Å². The molecule has 416 valence electrons. The maximum Gasteiger partial charge on any atom is 0.244 e. The van der Waals surface area contributed by atoms with Crippen LogP contribution < -0.4 is 0 Å². The van der Waals surface area contributed by atoms with Crippen molar-refractivity contribution in [2.75, 3.05) is 13.1 Å². The number of ketones is 2. The van der Waals surface area contributed by atoms with Crippen molar-refractivity contribution in [3.05, 3.63) is 153 Å². The van der Waals surface area contributed by atoms with Crippen LogP contribution in [0.3, 0.4) is 0 Å². The third kappa shape index (κ3) is 10.9. The van der Waals surface area contributed by atoms with E-state index in [4.69, 9.17) is 23.2 Å². The van der Waals surface area contributed by atoms with E-state index in [0.717, 1.165) is 22.3 Å². The molecule has 0 N–H and O–H groups in total. The standard InChI is InChI=1S/2C29H24ClF2N7O2/c2*1-15(40)29-21-8-17(18-11-33-16(2)34-12-18)6-7-25(21)39(37-29)14-27(41)38-13-19(31)9-26(38)24-10-23(35-36-24)20-4-3-5-22(30)28(20)32/h2*3-8,11-12,19,26H,9-10,13-14H2,1-2H3/t19-,26+;19-,26-/m11/s1. The van der Waals surface area contributed by atoms with Crippen LogP contribution in [-0.4, -0.2) is 133 Å². The molecule has 24 heteroatoms. The third-order valence-electron chi connectivity index (χ3n) is 14.7. The number of nitrogens with zero attached hydrogens (tertiary/aromatic N) is 14. The van der Waals surface area contributed by atoms with Gasteiger partial charge in [0, 0.05) is 97.3 Å². The van der Waals surface area contributed by atoms with E-state index >= 15 is 0 Å². The van der Waals surface area contributed by atoms with E-state index in [9.17, 15) is 36.7 Å². The van der Waals surface area contributed by atoms with Crippen LogP contribution in [0.25, 0.3) is 44.1 Å². The van der Waals surface area contributed by atoms with Gasteiger partial charge in [0.2, 0.25) is 11.8 Å². The van der Waals surface area contributed by atoms with Crippen molar-refractivity contribution in [3.63, 3.8) is 0 Å². The fraction of sp³-hybridized carbons (Fsp3) is 0.276. The van der Waals surface area contributed by atoms with Crippen LogP contribution in [0.1, 0.15) is 83.3 Å². The Morgan fingerprint density at radius 2 is 0.939 bits per heavy atom. The number of fused-ring (bicyclic) bond motifs is 2. The maximum atomic E-state index is 14.7. The number of hydrogen-bond acceptors (Lipinski definition) is 14. The van der Waals surface area contributed by atoms with Crippen molar-refractivity contribution in [2.45, 2.75) is 90.9 Å². The van der Waals surface area contributed by atoms with E-state index < -0.39 is 36.1 Å². The fourth-order valence-corrected chi connectivity index (χ4v) is 11.0. The molecule has 0 spiro atoms. The smallest absolute Gasteiger partial charge is 0.244 e. The summed E-state index contributed by atoms with van der Waals surface area (Å²) in [5, 5.41) is 26.6. The molecule has 4 aliphatic heterocycles. The van der Waals surface area contributed by atoms with Crippen LogP contribution in [-0.2, 0) is 22.7 Å². The molecule has 4 aliphatic rings. The van der Waals surface area contributed by atoms with Gasteiger partial charge < -0.3 is 9.80 Å². The SMILES string of the molecule is CC(=O)c1nn(CC(=O)N2C[C@H](F)C[C@@H]2C2=NN=C(c3cccc(Cl)c3F)C2)c2ccc(-c3cnc(C)nc3)cc12.CC(=O)c1nn(CC(=O)N2C[C@H](F)C[C@H]2C2=NN=C(c3cccc(Cl)c3F)C2)c2ccc(-c3cnc(C)nc3)cc12. The molecule has 82 heavy (non-hydrogen) atoms. The monoisotopic (exact) mass is 1150 g/mol. The van der Waals surface area contributed by atoms with Gasteiger partial charge in [0.15, 0.2) is 23.2 Å². The Hall–Kier alpha value is -8.76. The second kappa shape index (κ2) is 22.6. The summed E-state index contributed by atoms with van der Waals surface area (Å²) in [7, 11) is 0. The lowest BCUT2D eigenvalue weighted by atomic mass is 9.99. The Bertz CT molecular complexity index is 3790. The second-order valence-corrected chi connectivity index (χ2v) is 21.1. The molecular weight excluding hydrogens is 1100 g/mol. The molecule has 8 aromatic rings. The maximum absolute atomic E-state index is 14.7. The number of rotatable bonds is 12. The Morgan fingerprint density at radius 1 is 0.549 bits per heavy atom. The van der Waals surface area contributed by atoms with E-state index in [1.54, 1.807) is 75.0 Å². The van der Waals surface area contributed by atoms with Crippen molar-refractivity contribution < 1.29 is 36.7 Å². The number of aromatic nitrogens is 8. The lowest BCUT2D eigenvalue weighted by molar-refractivity contribution is -0.132. The number of amides is 2. The van der Waals surface area contributed by atoms with Crippen molar-refractivity contribution in [1.82, 2.24) is 49.3 Å². The molecule has 0 saturated carbocycles. The van der Waals surface area contributed by atoms with Crippen molar-refractivity contribution in [2.24, 2.45) is 20.4 Å². The molecule has 18 nitrogen and oxygen atoms in total. The number of carbonyl (C=O) groups is 4. The van der Waals surface area contributed by atoms with Crippen molar-refractivity contribution in [1.29, 1.82) is 0 Å². The minimum Gasteiger partial charge on any atom is -0.330 e. The largest absolute Gasteiger partial charge is 0.330 e. The molecule has 2 amide bonds. The number of aryl methyl sites for hydroxylation is 2. The summed E-state index contributed by atoms with van der Waals surface area (Å²) in [5.41, 5.74) is 6.94. The number of halogens is 6. The molecule has 2 fully saturated rings. The third-order valence-corrected chi connectivity index (χ3v) is 15.3. The first-order valence-electron chi connectivity index (χ1n) is 26.0. The zero-order valence-electron chi connectivity index (χ0n) is 44.4. The van der Waals surface area contributed by atoms with E-state index in [-0.39, 0.29) is 108 Å². The second-order valence-electron chi connectivity index (χ2n) is 20.2. The minimum absolute atomic E-state index is 0.0316. The Morgan fingerprint density at radius 3 is 1.32 bits per heavy atom. The van der Waals surface area contributed by atoms with Crippen molar-refractivity contribution in [3.8, 4) is 22.3 Å². The molecule has 4 aromatic carbocycles. The van der Waals surface area contributed by atoms with Gasteiger partial charge in [-0.3, -0.25) is 28.5 Å². The van der Waals surface area contributed by atoms with Crippen LogP contribution >= 0.6 is 23.2 Å². The van der Waals surface area contributed by atoms with Crippen molar-refractivity contribution >= 4 is 91.2 Å². The summed E-state index contributed by atoms with van der Waals surface area (Å²) < 4.78 is 61.4. The van der Waals surface area contributed by atoms with E-state index in [1.165, 1.54) is 45.1 Å². The lowest BCUT2D eigenvalue weighted by Gasteiger charge is -2.24. The van der Waals surface area contributed by atoms with Gasteiger partial charge in [0.25, 0.3) is 0 Å². The molecule has 4 aromatic heterocycles. The minimum atomic E-state index is -1.25. The Kier molecular flexibility index (Phi) is 15.2. The van der Waals surface area contributed by atoms with E-state index in [2.05, 4.69) is 50.5 Å². The molecule has 12 rings (SSSR count). The van der Waals surface area contributed by atoms with Crippen LogP contribution in [0.15, 0.2) is 118 Å². The normalized spacial score (nSPS) is 18.6. The molecule has 0 unspecified atom stereocenters. The zero-order valence-corrected chi connectivity index (χ0v) is 45.9. The van der Waals surface area contributed by atoms with Gasteiger partial charge in [-0.05, 0) is 61.4 Å². The summed E-state index contributed by atoms with van der Waals surface area (Å²) in [6.07, 6.45) is 4.77. The summed E-state index contributed by atoms with van der Waals surface area (Å²) >= 11 is 11.8. The first-order chi connectivity index (χ1) is 39.4. The van der Waals surface area contributed by atoms with Gasteiger partial charge >= 0.3 is 0 Å². The first-order valence-corrected chi connectivity index (χ1v) is 26.8. The Labute approximate surface area is 475 Å². The first kappa shape index (κ1) is 55.2. The number of likely N-dealkylation sites (tertiary alicyclic amines) is 2. The summed E-state index contributed by atoms with van der Waals surface area (Å²) in [5.74, 6) is -1.17. The van der Waals surface area contributed by atoms with Gasteiger partial charge in [-0.25, -0.2) is 37.5 Å².